The fourth-order valence-electron chi connectivity index (χ4n) is 3.74. The van der Waals surface area contributed by atoms with Gasteiger partial charge in [-0.25, -0.2) is 4.98 Å². The van der Waals surface area contributed by atoms with Crippen molar-refractivity contribution in [1.29, 1.82) is 0 Å². The minimum Gasteiger partial charge on any atom is -0.497 e. The molecule has 4 rings (SSSR count). The van der Waals surface area contributed by atoms with Gasteiger partial charge in [-0.05, 0) is 67.1 Å². The predicted octanol–water partition coefficient (Wildman–Crippen LogP) is 5.33. The number of methoxy groups -OCH3 is 1. The van der Waals surface area contributed by atoms with Gasteiger partial charge in [0.1, 0.15) is 17.3 Å². The summed E-state index contributed by atoms with van der Waals surface area (Å²) in [7, 11) is 1.66. The Hall–Kier alpha value is -3.32. The smallest absolute Gasteiger partial charge is 0.261 e. The second-order valence-electron chi connectivity index (χ2n) is 7.74. The number of imidazole rings is 1. The molecule has 33 heavy (non-hydrogen) atoms. The molecular formula is C26H29N3O3S. The number of nitrogens with one attached hydrogen (secondary N) is 1. The molecule has 1 N–H and O–H groups in total. The maximum absolute atomic E-state index is 12.1. The zero-order chi connectivity index (χ0) is 22.9. The maximum Gasteiger partial charge on any atom is 0.261 e. The highest BCUT2D eigenvalue weighted by molar-refractivity contribution is 7.12. The van der Waals surface area contributed by atoms with Gasteiger partial charge in [0.2, 0.25) is 0 Å². The summed E-state index contributed by atoms with van der Waals surface area (Å²) in [5, 5.41) is 4.92. The molecule has 0 aliphatic rings. The molecule has 172 valence electrons. The van der Waals surface area contributed by atoms with E-state index in [0.29, 0.717) is 13.2 Å². The molecule has 0 fully saturated rings. The van der Waals surface area contributed by atoms with Gasteiger partial charge in [-0.1, -0.05) is 18.2 Å². The van der Waals surface area contributed by atoms with E-state index >= 15 is 0 Å². The number of nitrogens with zero attached hydrogens (tertiary/aromatic N) is 2. The summed E-state index contributed by atoms with van der Waals surface area (Å²) < 4.78 is 13.3. The van der Waals surface area contributed by atoms with Crippen molar-refractivity contribution >= 4 is 28.3 Å². The van der Waals surface area contributed by atoms with Crippen molar-refractivity contribution in [2.75, 3.05) is 20.3 Å². The van der Waals surface area contributed by atoms with Crippen molar-refractivity contribution in [2.45, 2.75) is 32.2 Å². The molecule has 0 atom stereocenters. The fourth-order valence-corrected chi connectivity index (χ4v) is 4.38. The number of carbonyl (C=O) groups is 1. The van der Waals surface area contributed by atoms with Crippen molar-refractivity contribution in [2.24, 2.45) is 0 Å². The number of aromatic nitrogens is 2. The summed E-state index contributed by atoms with van der Waals surface area (Å²) in [6, 6.07) is 19.7. The van der Waals surface area contributed by atoms with Gasteiger partial charge in [0.25, 0.3) is 5.91 Å². The van der Waals surface area contributed by atoms with Crippen molar-refractivity contribution in [3.05, 3.63) is 76.7 Å². The molecule has 0 radical (unpaired) electrons. The lowest BCUT2D eigenvalue weighted by Crippen LogP contribution is -2.24. The third kappa shape index (κ3) is 6.14. The zero-order valence-electron chi connectivity index (χ0n) is 18.8. The highest BCUT2D eigenvalue weighted by Crippen LogP contribution is 2.19. The molecule has 2 aromatic carbocycles. The van der Waals surface area contributed by atoms with Crippen molar-refractivity contribution < 1.29 is 14.3 Å². The van der Waals surface area contributed by atoms with Gasteiger partial charge in [-0.3, -0.25) is 4.79 Å². The van der Waals surface area contributed by atoms with Crippen LogP contribution < -0.4 is 14.8 Å². The predicted molar refractivity (Wildman–Crippen MR) is 132 cm³/mol. The van der Waals surface area contributed by atoms with Crippen molar-refractivity contribution in [3.63, 3.8) is 0 Å². The van der Waals surface area contributed by atoms with Crippen LogP contribution >= 0.6 is 11.3 Å². The number of ether oxygens (including phenoxy) is 2. The monoisotopic (exact) mass is 463 g/mol. The first kappa shape index (κ1) is 22.9. The first-order chi connectivity index (χ1) is 16.2. The molecule has 0 aliphatic carbocycles. The third-order valence-corrected chi connectivity index (χ3v) is 6.31. The van der Waals surface area contributed by atoms with Crippen molar-refractivity contribution in [1.82, 2.24) is 14.9 Å². The maximum atomic E-state index is 12.1. The largest absolute Gasteiger partial charge is 0.497 e. The molecule has 0 unspecified atom stereocenters. The van der Waals surface area contributed by atoms with Crippen LogP contribution in [0.15, 0.2) is 66.0 Å². The Morgan fingerprint density at radius 2 is 1.82 bits per heavy atom. The summed E-state index contributed by atoms with van der Waals surface area (Å²) in [6.07, 6.45) is 3.62. The second-order valence-corrected chi connectivity index (χ2v) is 8.68. The number of carbonyl (C=O) groups excluding carboxylic acids is 1. The number of thiophene rings is 1. The number of benzene rings is 2. The summed E-state index contributed by atoms with van der Waals surface area (Å²) in [4.78, 5) is 17.7. The molecular weight excluding hydrogens is 434 g/mol. The van der Waals surface area contributed by atoms with Gasteiger partial charge in [0.05, 0.1) is 29.6 Å². The van der Waals surface area contributed by atoms with Gasteiger partial charge in [-0.2, -0.15) is 0 Å². The number of rotatable bonds is 12. The second kappa shape index (κ2) is 11.5. The van der Waals surface area contributed by atoms with Crippen LogP contribution in [-0.2, 0) is 13.0 Å². The molecule has 6 nitrogen and oxygen atoms in total. The van der Waals surface area contributed by atoms with Crippen LogP contribution in [-0.4, -0.2) is 35.7 Å². The van der Waals surface area contributed by atoms with Gasteiger partial charge in [-0.15, -0.1) is 11.3 Å². The molecule has 0 saturated carbocycles. The Bertz CT molecular complexity index is 1150. The zero-order valence-corrected chi connectivity index (χ0v) is 19.6. The van der Waals surface area contributed by atoms with E-state index in [2.05, 4.69) is 28.1 Å². The summed E-state index contributed by atoms with van der Waals surface area (Å²) in [5.74, 6) is 2.75. The van der Waals surface area contributed by atoms with E-state index in [9.17, 15) is 4.79 Å². The quantitative estimate of drug-likeness (QED) is 0.289. The number of hydrogen-bond acceptors (Lipinski definition) is 5. The lowest BCUT2D eigenvalue weighted by atomic mass is 10.2. The van der Waals surface area contributed by atoms with E-state index in [4.69, 9.17) is 14.5 Å². The van der Waals surface area contributed by atoms with Crippen LogP contribution in [0.4, 0.5) is 0 Å². The minimum atomic E-state index is -0.00429. The van der Waals surface area contributed by atoms with Crippen LogP contribution in [0, 0.1) is 0 Å². The molecule has 0 bridgehead atoms. The van der Waals surface area contributed by atoms with Crippen LogP contribution in [0.3, 0.4) is 0 Å². The van der Waals surface area contributed by atoms with E-state index < -0.39 is 0 Å². The van der Waals surface area contributed by atoms with Gasteiger partial charge in [0.15, 0.2) is 0 Å². The molecule has 0 aliphatic heterocycles. The highest BCUT2D eigenvalue weighted by atomic mass is 32.1. The molecule has 1 amide bonds. The van der Waals surface area contributed by atoms with Crippen LogP contribution in [0.1, 0.15) is 34.8 Å². The van der Waals surface area contributed by atoms with Crippen molar-refractivity contribution in [3.8, 4) is 11.5 Å². The topological polar surface area (TPSA) is 65.4 Å². The Morgan fingerprint density at radius 1 is 1.00 bits per heavy atom. The summed E-state index contributed by atoms with van der Waals surface area (Å²) in [5.41, 5.74) is 2.18. The first-order valence-electron chi connectivity index (χ1n) is 11.3. The van der Waals surface area contributed by atoms with E-state index in [1.807, 2.05) is 47.8 Å². The number of unbranched alkanes of at least 4 members (excludes halogenated alkanes) is 1. The van der Waals surface area contributed by atoms with Crippen LogP contribution in [0.5, 0.6) is 11.5 Å². The Labute approximate surface area is 198 Å². The average Bonchev–Trinajstić information content (AvgIpc) is 3.50. The molecule has 2 aromatic heterocycles. The minimum absolute atomic E-state index is 0.00429. The lowest BCUT2D eigenvalue weighted by molar-refractivity contribution is 0.0957. The molecule has 7 heteroatoms. The van der Waals surface area contributed by atoms with E-state index in [0.717, 1.165) is 65.5 Å². The van der Waals surface area contributed by atoms with Gasteiger partial charge in [0, 0.05) is 19.5 Å². The number of amides is 1. The molecule has 0 spiro atoms. The first-order valence-corrected chi connectivity index (χ1v) is 12.2. The van der Waals surface area contributed by atoms with Gasteiger partial charge >= 0.3 is 0 Å². The summed E-state index contributed by atoms with van der Waals surface area (Å²) >= 11 is 1.46. The third-order valence-electron chi connectivity index (χ3n) is 5.45. The van der Waals surface area contributed by atoms with Crippen LogP contribution in [0.25, 0.3) is 11.0 Å². The van der Waals surface area contributed by atoms with Crippen LogP contribution in [0.2, 0.25) is 0 Å². The average molecular weight is 464 g/mol. The number of fused-ring (bicyclic) bond motifs is 1. The normalized spacial score (nSPS) is 10.9. The fraction of sp³-hybridized carbons (Fsp3) is 0.308. The lowest BCUT2D eigenvalue weighted by Gasteiger charge is -2.11. The Morgan fingerprint density at radius 3 is 2.61 bits per heavy atom. The summed E-state index contributed by atoms with van der Waals surface area (Å²) in [6.45, 7) is 2.20. The Kier molecular flexibility index (Phi) is 7.98. The van der Waals surface area contributed by atoms with E-state index in [1.165, 1.54) is 11.3 Å². The SMILES string of the molecule is COc1ccc(OCCCCn2c(CCCNC(=O)c3cccs3)nc3ccccc32)cc1. The van der Waals surface area contributed by atoms with E-state index in [1.54, 1.807) is 7.11 Å². The standard InChI is InChI=1S/C26H29N3O3S/c1-31-20-12-14-21(15-13-20)32-18-5-4-17-29-23-9-3-2-8-22(23)28-25(29)11-6-16-27-26(30)24-10-7-19-33-24/h2-3,7-10,12-15,19H,4-6,11,16-18H2,1H3,(H,27,30). The number of aryl methyl sites for hydroxylation is 2. The number of para-hydroxylation sites is 2. The molecule has 2 heterocycles. The Balaban J connectivity index is 1.27. The van der Waals surface area contributed by atoms with E-state index in [-0.39, 0.29) is 5.91 Å². The highest BCUT2D eigenvalue weighted by Gasteiger charge is 2.11. The van der Waals surface area contributed by atoms with Gasteiger partial charge < -0.3 is 19.4 Å². The molecule has 0 saturated heterocycles. The number of hydrogen-bond donors (Lipinski definition) is 1. The molecule has 4 aromatic rings.